The number of sulfone groups is 1. The molecule has 156 valence electrons. The van der Waals surface area contributed by atoms with E-state index in [0.29, 0.717) is 23.2 Å². The van der Waals surface area contributed by atoms with Crippen molar-refractivity contribution in [2.24, 2.45) is 4.99 Å². The Labute approximate surface area is 170 Å². The van der Waals surface area contributed by atoms with Crippen molar-refractivity contribution in [3.63, 3.8) is 0 Å². The third-order valence-electron chi connectivity index (χ3n) is 4.64. The van der Waals surface area contributed by atoms with E-state index in [1.54, 1.807) is 6.07 Å². The Morgan fingerprint density at radius 2 is 2.03 bits per heavy atom. The van der Waals surface area contributed by atoms with Gasteiger partial charge in [-0.15, -0.1) is 0 Å². The molecule has 2 saturated heterocycles. The molecule has 1 aromatic rings. The summed E-state index contributed by atoms with van der Waals surface area (Å²) in [5.74, 6) is -0.509. The van der Waals surface area contributed by atoms with Crippen LogP contribution in [0.5, 0.6) is 11.5 Å². The summed E-state index contributed by atoms with van der Waals surface area (Å²) in [5, 5.41) is 8.79. The summed E-state index contributed by atoms with van der Waals surface area (Å²) in [6.45, 7) is -0.544. The van der Waals surface area contributed by atoms with Crippen LogP contribution in [0, 0.1) is 0 Å². The first kappa shape index (κ1) is 20.0. The molecule has 3 heterocycles. The van der Waals surface area contributed by atoms with Crippen molar-refractivity contribution in [2.75, 3.05) is 31.5 Å². The molecule has 4 rings (SSSR count). The number of fused-ring (bicyclic) bond motifs is 2. The van der Waals surface area contributed by atoms with E-state index in [2.05, 4.69) is 4.99 Å². The Morgan fingerprint density at radius 1 is 1.24 bits per heavy atom. The standard InChI is InChI=1S/C17H18N2O8S2/c20-15(5-25-6-16(21)22)18-17-19(11-7-29(23,24)8-14(11)28-17)4-10-1-2-12-13(3-10)27-9-26-12/h1-3,11,14H,4-9H2,(H,21,22)/t11-,14-/m0/s1. The highest BCUT2D eigenvalue weighted by molar-refractivity contribution is 8.15. The van der Waals surface area contributed by atoms with E-state index in [1.165, 1.54) is 11.8 Å². The first-order valence-corrected chi connectivity index (χ1v) is 11.4. The summed E-state index contributed by atoms with van der Waals surface area (Å²) < 4.78 is 39.6. The van der Waals surface area contributed by atoms with Gasteiger partial charge >= 0.3 is 5.97 Å². The highest BCUT2D eigenvalue weighted by Gasteiger charge is 2.48. The molecule has 1 aromatic carbocycles. The largest absolute Gasteiger partial charge is 0.480 e. The summed E-state index contributed by atoms with van der Waals surface area (Å²) in [7, 11) is -3.15. The maximum atomic E-state index is 12.1. The van der Waals surface area contributed by atoms with Crippen LogP contribution in [0.15, 0.2) is 23.2 Å². The third-order valence-corrected chi connectivity index (χ3v) is 7.88. The number of amidine groups is 1. The number of benzene rings is 1. The first-order chi connectivity index (χ1) is 13.8. The molecule has 0 aliphatic carbocycles. The molecule has 2 fully saturated rings. The summed E-state index contributed by atoms with van der Waals surface area (Å²) in [4.78, 5) is 28.4. The van der Waals surface area contributed by atoms with Crippen LogP contribution < -0.4 is 9.47 Å². The van der Waals surface area contributed by atoms with Crippen LogP contribution in [0.25, 0.3) is 0 Å². The van der Waals surface area contributed by atoms with Gasteiger partial charge in [0.15, 0.2) is 26.5 Å². The Balaban J connectivity index is 1.53. The van der Waals surface area contributed by atoms with Gasteiger partial charge < -0.3 is 24.2 Å². The molecule has 3 aliphatic heterocycles. The highest BCUT2D eigenvalue weighted by atomic mass is 32.2. The van der Waals surface area contributed by atoms with Crippen molar-refractivity contribution in [2.45, 2.75) is 17.8 Å². The van der Waals surface area contributed by atoms with Gasteiger partial charge in [0.25, 0.3) is 5.91 Å². The van der Waals surface area contributed by atoms with Gasteiger partial charge in [0, 0.05) is 11.8 Å². The third kappa shape index (κ3) is 4.49. The van der Waals surface area contributed by atoms with E-state index in [9.17, 15) is 18.0 Å². The molecule has 1 N–H and O–H groups in total. The van der Waals surface area contributed by atoms with Gasteiger partial charge in [0.1, 0.15) is 13.2 Å². The summed E-state index contributed by atoms with van der Waals surface area (Å²) in [6, 6.07) is 5.16. The number of aliphatic imine (C=N–C) groups is 1. The number of carboxylic acids is 1. The molecule has 2 atom stereocenters. The lowest BCUT2D eigenvalue weighted by Crippen LogP contribution is -2.37. The van der Waals surface area contributed by atoms with Crippen LogP contribution in [0.1, 0.15) is 5.56 Å². The Kier molecular flexibility index (Phi) is 5.40. The fourth-order valence-corrected chi connectivity index (χ4v) is 7.39. The molecule has 3 aliphatic rings. The van der Waals surface area contributed by atoms with Crippen molar-refractivity contribution in [1.82, 2.24) is 4.90 Å². The van der Waals surface area contributed by atoms with Crippen LogP contribution in [0.4, 0.5) is 0 Å². The minimum atomic E-state index is -3.15. The SMILES string of the molecule is O=C(O)COCC(=O)N=C1S[C@H]2CS(=O)(=O)C[C@@H]2N1Cc1ccc2c(c1)OCO2. The number of rotatable bonds is 6. The van der Waals surface area contributed by atoms with Gasteiger partial charge in [0.2, 0.25) is 6.79 Å². The number of hydrogen-bond acceptors (Lipinski definition) is 8. The zero-order valence-corrected chi connectivity index (χ0v) is 16.8. The minimum absolute atomic E-state index is 0.00204. The smallest absolute Gasteiger partial charge is 0.329 e. The average Bonchev–Trinajstić information content (AvgIpc) is 3.28. The van der Waals surface area contributed by atoms with E-state index in [0.717, 1.165) is 5.56 Å². The van der Waals surface area contributed by atoms with E-state index in [-0.39, 0.29) is 29.6 Å². The quantitative estimate of drug-likeness (QED) is 0.647. The predicted molar refractivity (Wildman–Crippen MR) is 103 cm³/mol. The average molecular weight is 442 g/mol. The number of amides is 1. The van der Waals surface area contributed by atoms with Gasteiger partial charge in [-0.2, -0.15) is 4.99 Å². The number of nitrogens with zero attached hydrogens (tertiary/aromatic N) is 2. The van der Waals surface area contributed by atoms with Gasteiger partial charge in [-0.05, 0) is 17.7 Å². The molecule has 0 unspecified atom stereocenters. The van der Waals surface area contributed by atoms with E-state index >= 15 is 0 Å². The van der Waals surface area contributed by atoms with Crippen molar-refractivity contribution >= 4 is 38.6 Å². The lowest BCUT2D eigenvalue weighted by Gasteiger charge is -2.24. The fourth-order valence-electron chi connectivity index (χ4n) is 3.42. The number of carboxylic acid groups (broad SMARTS) is 1. The summed E-state index contributed by atoms with van der Waals surface area (Å²) in [6.07, 6.45) is 0. The summed E-state index contributed by atoms with van der Waals surface area (Å²) >= 11 is 1.25. The van der Waals surface area contributed by atoms with Crippen molar-refractivity contribution in [1.29, 1.82) is 0 Å². The highest BCUT2D eigenvalue weighted by Crippen LogP contribution is 2.40. The molecular weight excluding hydrogens is 424 g/mol. The topological polar surface area (TPSA) is 132 Å². The van der Waals surface area contributed by atoms with Crippen LogP contribution >= 0.6 is 11.8 Å². The Morgan fingerprint density at radius 3 is 2.83 bits per heavy atom. The lowest BCUT2D eigenvalue weighted by molar-refractivity contribution is -0.143. The van der Waals surface area contributed by atoms with Crippen molar-refractivity contribution < 1.29 is 37.3 Å². The van der Waals surface area contributed by atoms with Gasteiger partial charge in [0.05, 0.1) is 17.5 Å². The molecule has 29 heavy (non-hydrogen) atoms. The Hall–Kier alpha value is -2.31. The molecule has 10 nitrogen and oxygen atoms in total. The molecule has 0 aromatic heterocycles. The minimum Gasteiger partial charge on any atom is -0.480 e. The zero-order valence-electron chi connectivity index (χ0n) is 15.1. The Bertz CT molecular complexity index is 978. The number of hydrogen-bond donors (Lipinski definition) is 1. The molecule has 0 saturated carbocycles. The first-order valence-electron chi connectivity index (χ1n) is 8.74. The molecule has 1 amide bonds. The molecule has 12 heteroatoms. The van der Waals surface area contributed by atoms with Crippen LogP contribution in [-0.4, -0.2) is 78.3 Å². The lowest BCUT2D eigenvalue weighted by atomic mass is 10.1. The maximum absolute atomic E-state index is 12.1. The second-order valence-corrected chi connectivity index (χ2v) is 10.2. The number of ether oxygens (including phenoxy) is 3. The fraction of sp³-hybridized carbons (Fsp3) is 0.471. The van der Waals surface area contributed by atoms with Gasteiger partial charge in [-0.3, -0.25) is 4.79 Å². The van der Waals surface area contributed by atoms with E-state index in [4.69, 9.17) is 19.3 Å². The molecule has 0 bridgehead atoms. The van der Waals surface area contributed by atoms with Gasteiger partial charge in [-0.1, -0.05) is 17.8 Å². The van der Waals surface area contributed by atoms with Crippen LogP contribution in [-0.2, 0) is 30.7 Å². The second-order valence-electron chi connectivity index (χ2n) is 6.79. The number of thioether (sulfide) groups is 1. The van der Waals surface area contributed by atoms with Crippen LogP contribution in [0.3, 0.4) is 0 Å². The molecule has 0 spiro atoms. The second kappa shape index (κ2) is 7.84. The predicted octanol–water partition coefficient (Wildman–Crippen LogP) is 0.114. The maximum Gasteiger partial charge on any atom is 0.329 e. The van der Waals surface area contributed by atoms with Crippen LogP contribution in [0.2, 0.25) is 0 Å². The number of carbonyl (C=O) groups is 2. The van der Waals surface area contributed by atoms with E-state index in [1.807, 2.05) is 17.0 Å². The molecular formula is C17H18N2O8S2. The zero-order chi connectivity index (χ0) is 20.6. The number of aliphatic carboxylic acids is 1. The normalized spacial score (nSPS) is 25.4. The van der Waals surface area contributed by atoms with E-state index < -0.39 is 34.9 Å². The number of carbonyl (C=O) groups excluding carboxylic acids is 1. The summed E-state index contributed by atoms with van der Waals surface area (Å²) in [5.41, 5.74) is 0.863. The monoisotopic (exact) mass is 442 g/mol. The van der Waals surface area contributed by atoms with Crippen molar-refractivity contribution in [3.05, 3.63) is 23.8 Å². The van der Waals surface area contributed by atoms with Gasteiger partial charge in [-0.25, -0.2) is 13.2 Å². The molecule has 0 radical (unpaired) electrons. The van der Waals surface area contributed by atoms with Crippen molar-refractivity contribution in [3.8, 4) is 11.5 Å².